The lowest BCUT2D eigenvalue weighted by molar-refractivity contribution is 0.782. The summed E-state index contributed by atoms with van der Waals surface area (Å²) >= 11 is 5.61. The molecule has 4 nitrogen and oxygen atoms in total. The normalized spacial score (nSPS) is 21.8. The molecule has 2 N–H and O–H groups in total. The number of hydrogen-bond donors (Lipinski definition) is 2. The molecule has 0 amide bonds. The van der Waals surface area contributed by atoms with Gasteiger partial charge in [0, 0.05) is 12.6 Å². The van der Waals surface area contributed by atoms with Crippen molar-refractivity contribution in [1.29, 1.82) is 0 Å². The van der Waals surface area contributed by atoms with Crippen LogP contribution >= 0.6 is 11.6 Å². The summed E-state index contributed by atoms with van der Waals surface area (Å²) in [6.45, 7) is 2.06. The van der Waals surface area contributed by atoms with Gasteiger partial charge in [0.15, 0.2) is 5.15 Å². The van der Waals surface area contributed by atoms with Gasteiger partial charge in [-0.1, -0.05) is 11.6 Å². The lowest BCUT2D eigenvalue weighted by Gasteiger charge is -2.10. The molecule has 1 saturated heterocycles. The summed E-state index contributed by atoms with van der Waals surface area (Å²) in [5.41, 5.74) is 0. The van der Waals surface area contributed by atoms with Crippen molar-refractivity contribution >= 4 is 17.4 Å². The van der Waals surface area contributed by atoms with Gasteiger partial charge in [0.05, 0.1) is 0 Å². The predicted molar refractivity (Wildman–Crippen MR) is 51.9 cm³/mol. The Balaban J connectivity index is 1.97. The first-order valence-electron chi connectivity index (χ1n) is 4.31. The largest absolute Gasteiger partial charge is 0.365 e. The van der Waals surface area contributed by atoms with Crippen LogP contribution in [0.3, 0.4) is 0 Å². The molecule has 70 valence electrons. The van der Waals surface area contributed by atoms with E-state index in [1.807, 2.05) is 6.07 Å². The van der Waals surface area contributed by atoms with Gasteiger partial charge < -0.3 is 10.6 Å². The molecule has 0 spiro atoms. The molecule has 0 saturated carbocycles. The van der Waals surface area contributed by atoms with Crippen molar-refractivity contribution in [2.75, 3.05) is 18.4 Å². The van der Waals surface area contributed by atoms with Gasteiger partial charge >= 0.3 is 0 Å². The van der Waals surface area contributed by atoms with Crippen LogP contribution in [-0.2, 0) is 0 Å². The smallest absolute Gasteiger partial charge is 0.151 e. The molecule has 5 heteroatoms. The van der Waals surface area contributed by atoms with E-state index < -0.39 is 0 Å². The third-order valence-corrected chi connectivity index (χ3v) is 2.25. The highest BCUT2D eigenvalue weighted by Crippen LogP contribution is 2.09. The van der Waals surface area contributed by atoms with Crippen LogP contribution in [0.4, 0.5) is 5.82 Å². The lowest BCUT2D eigenvalue weighted by atomic mass is 10.2. The van der Waals surface area contributed by atoms with Crippen LogP contribution in [-0.4, -0.2) is 29.3 Å². The highest BCUT2D eigenvalue weighted by molar-refractivity contribution is 6.29. The molecule has 1 aromatic heterocycles. The summed E-state index contributed by atoms with van der Waals surface area (Å²) in [4.78, 5) is 0. The van der Waals surface area contributed by atoms with Crippen molar-refractivity contribution in [1.82, 2.24) is 15.5 Å². The fourth-order valence-electron chi connectivity index (χ4n) is 1.38. The summed E-state index contributed by atoms with van der Waals surface area (Å²) in [5.74, 6) is 0.790. The topological polar surface area (TPSA) is 49.8 Å². The minimum Gasteiger partial charge on any atom is -0.365 e. The molecular formula is C8H11ClN4. The number of aromatic nitrogens is 2. The first-order valence-corrected chi connectivity index (χ1v) is 4.69. The Kier molecular flexibility index (Phi) is 2.61. The molecule has 0 unspecified atom stereocenters. The number of nitrogens with one attached hydrogen (secondary N) is 2. The van der Waals surface area contributed by atoms with Gasteiger partial charge in [0.25, 0.3) is 0 Å². The minimum absolute atomic E-state index is 0.426. The fraction of sp³-hybridized carbons (Fsp3) is 0.500. The van der Waals surface area contributed by atoms with E-state index in [1.54, 1.807) is 6.07 Å². The van der Waals surface area contributed by atoms with Crippen LogP contribution in [0.25, 0.3) is 0 Å². The number of rotatable bonds is 2. The monoisotopic (exact) mass is 198 g/mol. The molecule has 1 fully saturated rings. The Morgan fingerprint density at radius 3 is 3.00 bits per heavy atom. The summed E-state index contributed by atoms with van der Waals surface area (Å²) in [6.07, 6.45) is 1.13. The molecule has 0 bridgehead atoms. The van der Waals surface area contributed by atoms with Crippen molar-refractivity contribution in [2.45, 2.75) is 12.5 Å². The predicted octanol–water partition coefficient (Wildman–Crippen LogP) is 0.904. The number of anilines is 1. The van der Waals surface area contributed by atoms with Gasteiger partial charge in [0.1, 0.15) is 5.82 Å². The molecule has 1 aliphatic rings. The van der Waals surface area contributed by atoms with E-state index in [2.05, 4.69) is 20.8 Å². The molecular weight excluding hydrogens is 188 g/mol. The van der Waals surface area contributed by atoms with Crippen LogP contribution in [0, 0.1) is 0 Å². The van der Waals surface area contributed by atoms with Crippen LogP contribution in [0.2, 0.25) is 5.15 Å². The van der Waals surface area contributed by atoms with E-state index in [0.717, 1.165) is 25.3 Å². The zero-order valence-corrected chi connectivity index (χ0v) is 7.88. The number of halogens is 1. The molecule has 13 heavy (non-hydrogen) atoms. The second-order valence-corrected chi connectivity index (χ2v) is 3.46. The van der Waals surface area contributed by atoms with Crippen LogP contribution in [0.15, 0.2) is 12.1 Å². The first-order chi connectivity index (χ1) is 6.34. The second kappa shape index (κ2) is 3.89. The van der Waals surface area contributed by atoms with Gasteiger partial charge in [0.2, 0.25) is 0 Å². The molecule has 0 aliphatic carbocycles. The van der Waals surface area contributed by atoms with E-state index in [1.165, 1.54) is 0 Å². The van der Waals surface area contributed by atoms with Gasteiger partial charge in [-0.2, -0.15) is 0 Å². The average molecular weight is 199 g/mol. The highest BCUT2D eigenvalue weighted by atomic mass is 35.5. The molecule has 2 rings (SSSR count). The average Bonchev–Trinajstić information content (AvgIpc) is 2.62. The van der Waals surface area contributed by atoms with Crippen molar-refractivity contribution < 1.29 is 0 Å². The minimum atomic E-state index is 0.426. The maximum absolute atomic E-state index is 5.61. The summed E-state index contributed by atoms with van der Waals surface area (Å²) < 4.78 is 0. The SMILES string of the molecule is Clc1ccc(N[C@@H]2CCNC2)nn1. The van der Waals surface area contributed by atoms with Gasteiger partial charge in [-0.3, -0.25) is 0 Å². The number of nitrogens with zero attached hydrogens (tertiary/aromatic N) is 2. The van der Waals surface area contributed by atoms with Crippen molar-refractivity contribution in [2.24, 2.45) is 0 Å². The molecule has 2 heterocycles. The van der Waals surface area contributed by atoms with Crippen LogP contribution in [0.5, 0.6) is 0 Å². The Bertz CT molecular complexity index is 268. The maximum Gasteiger partial charge on any atom is 0.151 e. The molecule has 1 aromatic rings. The zero-order chi connectivity index (χ0) is 9.10. The first kappa shape index (κ1) is 8.72. The zero-order valence-electron chi connectivity index (χ0n) is 7.13. The van der Waals surface area contributed by atoms with E-state index in [4.69, 9.17) is 11.6 Å². The Morgan fingerprint density at radius 1 is 1.46 bits per heavy atom. The Labute approximate surface area is 81.7 Å². The summed E-state index contributed by atoms with van der Waals surface area (Å²) in [6, 6.07) is 4.04. The third-order valence-electron chi connectivity index (χ3n) is 2.04. The molecule has 1 atom stereocenters. The van der Waals surface area contributed by atoms with Gasteiger partial charge in [-0.05, 0) is 25.1 Å². The summed E-state index contributed by atoms with van der Waals surface area (Å²) in [5, 5.41) is 14.6. The standard InChI is InChI=1S/C8H11ClN4/c9-7-1-2-8(13-12-7)11-6-3-4-10-5-6/h1-2,6,10H,3-5H2,(H,11,13)/t6-/m1/s1. The number of hydrogen-bond acceptors (Lipinski definition) is 4. The third kappa shape index (κ3) is 2.29. The molecule has 0 aromatic carbocycles. The molecule has 1 aliphatic heterocycles. The van der Waals surface area contributed by atoms with E-state index >= 15 is 0 Å². The van der Waals surface area contributed by atoms with Gasteiger partial charge in [-0.15, -0.1) is 10.2 Å². The Hall–Kier alpha value is -0.870. The van der Waals surface area contributed by atoms with Crippen molar-refractivity contribution in [3.63, 3.8) is 0 Å². The quantitative estimate of drug-likeness (QED) is 0.742. The lowest BCUT2D eigenvalue weighted by Crippen LogP contribution is -2.22. The van der Waals surface area contributed by atoms with Gasteiger partial charge in [-0.25, -0.2) is 0 Å². The second-order valence-electron chi connectivity index (χ2n) is 3.08. The highest BCUT2D eigenvalue weighted by Gasteiger charge is 2.13. The van der Waals surface area contributed by atoms with Crippen molar-refractivity contribution in [3.8, 4) is 0 Å². The van der Waals surface area contributed by atoms with E-state index in [-0.39, 0.29) is 0 Å². The Morgan fingerprint density at radius 2 is 2.38 bits per heavy atom. The maximum atomic E-state index is 5.61. The van der Waals surface area contributed by atoms with Crippen molar-refractivity contribution in [3.05, 3.63) is 17.3 Å². The van der Waals surface area contributed by atoms with E-state index in [0.29, 0.717) is 11.2 Å². The fourth-order valence-corrected chi connectivity index (χ4v) is 1.48. The van der Waals surface area contributed by atoms with Crippen LogP contribution < -0.4 is 10.6 Å². The van der Waals surface area contributed by atoms with E-state index in [9.17, 15) is 0 Å². The molecule has 0 radical (unpaired) electrons. The van der Waals surface area contributed by atoms with Crippen LogP contribution in [0.1, 0.15) is 6.42 Å². The summed E-state index contributed by atoms with van der Waals surface area (Å²) in [7, 11) is 0.